The monoisotopic (exact) mass is 253 g/mol. The minimum absolute atomic E-state index is 0.0727. The van der Waals surface area contributed by atoms with E-state index < -0.39 is 5.97 Å². The maximum absolute atomic E-state index is 11.0. The van der Waals surface area contributed by atoms with Crippen molar-refractivity contribution in [2.75, 3.05) is 25.6 Å². The van der Waals surface area contributed by atoms with Crippen LogP contribution in [0.5, 0.6) is 5.75 Å². The first-order chi connectivity index (χ1) is 8.65. The van der Waals surface area contributed by atoms with Crippen LogP contribution >= 0.6 is 0 Å². The predicted octanol–water partition coefficient (Wildman–Crippen LogP) is 2.16. The van der Waals surface area contributed by atoms with Crippen LogP contribution in [-0.2, 0) is 4.74 Å². The molecular formula is C13H19NO4. The molecule has 1 aromatic carbocycles. The Bertz CT molecular complexity index is 393. The van der Waals surface area contributed by atoms with Crippen molar-refractivity contribution >= 4 is 11.7 Å². The Kier molecular flexibility index (Phi) is 6.00. The first-order valence-electron chi connectivity index (χ1n) is 5.98. The minimum Gasteiger partial charge on any atom is -0.490 e. The van der Waals surface area contributed by atoms with Crippen LogP contribution in [0.1, 0.15) is 30.1 Å². The summed E-state index contributed by atoms with van der Waals surface area (Å²) in [4.78, 5) is 11.0. The Morgan fingerprint density at radius 3 is 2.78 bits per heavy atom. The molecule has 0 unspecified atom stereocenters. The first kappa shape index (κ1) is 14.3. The number of ether oxygens (including phenoxy) is 2. The second kappa shape index (κ2) is 7.55. The molecule has 0 aliphatic rings. The Morgan fingerprint density at radius 2 is 2.11 bits per heavy atom. The fourth-order valence-corrected chi connectivity index (χ4v) is 1.40. The molecule has 0 aliphatic heterocycles. The highest BCUT2D eigenvalue weighted by molar-refractivity contribution is 5.92. The molecule has 3 N–H and O–H groups in total. The summed E-state index contributed by atoms with van der Waals surface area (Å²) in [6.07, 6.45) is 2.10. The van der Waals surface area contributed by atoms with Crippen molar-refractivity contribution < 1.29 is 19.4 Å². The number of rotatable bonds is 8. The SMILES string of the molecule is CCCCOCCOc1ccc(N)cc1C(=O)O. The van der Waals surface area contributed by atoms with Gasteiger partial charge in [-0.3, -0.25) is 0 Å². The Balaban J connectivity index is 2.44. The number of carbonyl (C=O) groups is 1. The molecule has 0 atom stereocenters. The molecular weight excluding hydrogens is 234 g/mol. The molecule has 0 fully saturated rings. The van der Waals surface area contributed by atoms with E-state index >= 15 is 0 Å². The Labute approximate surface area is 107 Å². The van der Waals surface area contributed by atoms with Crippen LogP contribution < -0.4 is 10.5 Å². The van der Waals surface area contributed by atoms with Gasteiger partial charge in [-0.05, 0) is 24.6 Å². The van der Waals surface area contributed by atoms with Gasteiger partial charge >= 0.3 is 5.97 Å². The van der Waals surface area contributed by atoms with Crippen LogP contribution in [0.4, 0.5) is 5.69 Å². The number of benzene rings is 1. The summed E-state index contributed by atoms with van der Waals surface area (Å²) < 4.78 is 10.7. The van der Waals surface area contributed by atoms with Gasteiger partial charge in [-0.25, -0.2) is 4.79 Å². The lowest BCUT2D eigenvalue weighted by Gasteiger charge is -2.10. The number of aromatic carboxylic acids is 1. The van der Waals surface area contributed by atoms with Gasteiger partial charge in [-0.2, -0.15) is 0 Å². The third kappa shape index (κ3) is 4.63. The van der Waals surface area contributed by atoms with Crippen LogP contribution in [0.25, 0.3) is 0 Å². The lowest BCUT2D eigenvalue weighted by atomic mass is 10.2. The van der Waals surface area contributed by atoms with Gasteiger partial charge < -0.3 is 20.3 Å². The zero-order valence-corrected chi connectivity index (χ0v) is 10.5. The standard InChI is InChI=1S/C13H19NO4/c1-2-3-6-17-7-8-18-12-5-4-10(14)9-11(12)13(15)16/h4-5,9H,2-3,6-8,14H2,1H3,(H,15,16). The van der Waals surface area contributed by atoms with Gasteiger partial charge in [0.05, 0.1) is 6.61 Å². The molecule has 0 bridgehead atoms. The third-order valence-electron chi connectivity index (χ3n) is 2.36. The van der Waals surface area contributed by atoms with Gasteiger partial charge in [-0.15, -0.1) is 0 Å². The van der Waals surface area contributed by atoms with Crippen molar-refractivity contribution in [3.63, 3.8) is 0 Å². The topological polar surface area (TPSA) is 81.8 Å². The molecule has 0 aromatic heterocycles. The fraction of sp³-hybridized carbons (Fsp3) is 0.462. The van der Waals surface area contributed by atoms with Gasteiger partial charge in [0.1, 0.15) is 17.9 Å². The van der Waals surface area contributed by atoms with E-state index in [0.29, 0.717) is 31.3 Å². The number of carboxylic acids is 1. The average molecular weight is 253 g/mol. The van der Waals surface area contributed by atoms with Crippen molar-refractivity contribution in [1.82, 2.24) is 0 Å². The molecule has 0 heterocycles. The van der Waals surface area contributed by atoms with E-state index in [2.05, 4.69) is 6.92 Å². The van der Waals surface area contributed by atoms with Gasteiger partial charge in [0.15, 0.2) is 0 Å². The van der Waals surface area contributed by atoms with Gasteiger partial charge in [-0.1, -0.05) is 13.3 Å². The summed E-state index contributed by atoms with van der Waals surface area (Å²) >= 11 is 0. The summed E-state index contributed by atoms with van der Waals surface area (Å²) in [6.45, 7) is 3.57. The van der Waals surface area contributed by atoms with Crippen LogP contribution in [0.2, 0.25) is 0 Å². The highest BCUT2D eigenvalue weighted by Crippen LogP contribution is 2.21. The highest BCUT2D eigenvalue weighted by atomic mass is 16.5. The number of hydrogen-bond donors (Lipinski definition) is 2. The summed E-state index contributed by atoms with van der Waals surface area (Å²) in [7, 11) is 0. The molecule has 100 valence electrons. The summed E-state index contributed by atoms with van der Waals surface area (Å²) in [6, 6.07) is 4.56. The van der Waals surface area contributed by atoms with E-state index in [1.807, 2.05) is 0 Å². The smallest absolute Gasteiger partial charge is 0.339 e. The zero-order chi connectivity index (χ0) is 13.4. The van der Waals surface area contributed by atoms with Crippen LogP contribution in [0.15, 0.2) is 18.2 Å². The molecule has 0 aliphatic carbocycles. The van der Waals surface area contributed by atoms with Gasteiger partial charge in [0, 0.05) is 12.3 Å². The van der Waals surface area contributed by atoms with Gasteiger partial charge in [0.25, 0.3) is 0 Å². The number of carboxylic acid groups (broad SMARTS) is 1. The van der Waals surface area contributed by atoms with Gasteiger partial charge in [0.2, 0.25) is 0 Å². The van der Waals surface area contributed by atoms with Crippen LogP contribution in [0, 0.1) is 0 Å². The second-order valence-electron chi connectivity index (χ2n) is 3.88. The summed E-state index contributed by atoms with van der Waals surface area (Å²) in [5.41, 5.74) is 6.01. The Morgan fingerprint density at radius 1 is 1.33 bits per heavy atom. The number of anilines is 1. The van der Waals surface area contributed by atoms with E-state index in [-0.39, 0.29) is 5.56 Å². The van der Waals surface area contributed by atoms with E-state index in [0.717, 1.165) is 12.8 Å². The van der Waals surface area contributed by atoms with E-state index in [1.165, 1.54) is 6.07 Å². The molecule has 1 rings (SSSR count). The average Bonchev–Trinajstić information content (AvgIpc) is 2.35. The van der Waals surface area contributed by atoms with E-state index in [9.17, 15) is 4.79 Å². The van der Waals surface area contributed by atoms with E-state index in [4.69, 9.17) is 20.3 Å². The third-order valence-corrected chi connectivity index (χ3v) is 2.36. The maximum atomic E-state index is 11.0. The predicted molar refractivity (Wildman–Crippen MR) is 69.0 cm³/mol. The van der Waals surface area contributed by atoms with Crippen molar-refractivity contribution in [2.45, 2.75) is 19.8 Å². The van der Waals surface area contributed by atoms with Crippen LogP contribution in [-0.4, -0.2) is 30.9 Å². The molecule has 0 spiro atoms. The van der Waals surface area contributed by atoms with Crippen molar-refractivity contribution in [3.8, 4) is 5.75 Å². The van der Waals surface area contributed by atoms with E-state index in [1.54, 1.807) is 12.1 Å². The second-order valence-corrected chi connectivity index (χ2v) is 3.88. The molecule has 18 heavy (non-hydrogen) atoms. The number of unbranched alkanes of at least 4 members (excludes halogenated alkanes) is 1. The van der Waals surface area contributed by atoms with Crippen LogP contribution in [0.3, 0.4) is 0 Å². The summed E-state index contributed by atoms with van der Waals surface area (Å²) in [5.74, 6) is -0.736. The first-order valence-corrected chi connectivity index (χ1v) is 5.98. The quantitative estimate of drug-likeness (QED) is 0.548. The molecule has 5 heteroatoms. The molecule has 1 aromatic rings. The Hall–Kier alpha value is -1.75. The highest BCUT2D eigenvalue weighted by Gasteiger charge is 2.11. The molecule has 0 saturated carbocycles. The van der Waals surface area contributed by atoms with Crippen molar-refractivity contribution in [2.24, 2.45) is 0 Å². The minimum atomic E-state index is -1.05. The fourth-order valence-electron chi connectivity index (χ4n) is 1.40. The molecule has 5 nitrogen and oxygen atoms in total. The molecule has 0 saturated heterocycles. The molecule has 0 radical (unpaired) electrons. The van der Waals surface area contributed by atoms with Crippen molar-refractivity contribution in [1.29, 1.82) is 0 Å². The summed E-state index contributed by atoms with van der Waals surface area (Å²) in [5, 5.41) is 9.00. The number of nitrogens with two attached hydrogens (primary N) is 1. The lowest BCUT2D eigenvalue weighted by Crippen LogP contribution is -2.10. The van der Waals surface area contributed by atoms with Crippen molar-refractivity contribution in [3.05, 3.63) is 23.8 Å². The number of hydrogen-bond acceptors (Lipinski definition) is 4. The largest absolute Gasteiger partial charge is 0.490 e. The number of nitrogen functional groups attached to an aromatic ring is 1. The lowest BCUT2D eigenvalue weighted by molar-refractivity contribution is 0.0685. The zero-order valence-electron chi connectivity index (χ0n) is 10.5. The molecule has 0 amide bonds. The maximum Gasteiger partial charge on any atom is 0.339 e. The normalized spacial score (nSPS) is 10.3.